The van der Waals surface area contributed by atoms with Gasteiger partial charge in [0.2, 0.25) is 0 Å². The van der Waals surface area contributed by atoms with Crippen LogP contribution in [0.4, 0.5) is 0 Å². The van der Waals surface area contributed by atoms with Gasteiger partial charge >= 0.3 is 0 Å². The Morgan fingerprint density at radius 1 is 1.07 bits per heavy atom. The second-order valence-corrected chi connectivity index (χ2v) is 4.63. The third-order valence-corrected chi connectivity index (χ3v) is 3.58. The fourth-order valence-electron chi connectivity index (χ4n) is 2.84. The van der Waals surface area contributed by atoms with Crippen LogP contribution in [-0.4, -0.2) is 0 Å². The molecular weight excluding hydrogens is 168 g/mol. The van der Waals surface area contributed by atoms with Crippen LogP contribution in [0.15, 0.2) is 23.8 Å². The molecule has 0 unspecified atom stereocenters. The Kier molecular flexibility index (Phi) is 1.76. The second kappa shape index (κ2) is 2.98. The highest BCUT2D eigenvalue weighted by Crippen LogP contribution is 2.41. The third kappa shape index (κ3) is 1.13. The van der Waals surface area contributed by atoms with Crippen LogP contribution in [0.3, 0.4) is 0 Å². The Balaban J connectivity index is 2.12. The molecule has 0 aliphatic heterocycles. The second-order valence-electron chi connectivity index (χ2n) is 4.63. The highest BCUT2D eigenvalue weighted by molar-refractivity contribution is 5.77. The first-order valence-electron chi connectivity index (χ1n) is 5.65. The van der Waals surface area contributed by atoms with E-state index in [0.29, 0.717) is 0 Å². The largest absolute Gasteiger partial charge is 0.0620 e. The van der Waals surface area contributed by atoms with Crippen molar-refractivity contribution in [2.75, 3.05) is 0 Å². The van der Waals surface area contributed by atoms with E-state index in [1.54, 1.807) is 22.3 Å². The highest BCUT2D eigenvalue weighted by atomic mass is 14.3. The van der Waals surface area contributed by atoms with Gasteiger partial charge in [0.05, 0.1) is 0 Å². The average molecular weight is 184 g/mol. The number of hydrogen-bond acceptors (Lipinski definition) is 0. The van der Waals surface area contributed by atoms with Crippen molar-refractivity contribution in [2.45, 2.75) is 39.0 Å². The molecular formula is C14H16. The van der Waals surface area contributed by atoms with E-state index in [1.165, 1.54) is 37.7 Å². The molecule has 0 bridgehead atoms. The lowest BCUT2D eigenvalue weighted by molar-refractivity contribution is 0.711. The number of aryl methyl sites for hydroxylation is 1. The molecule has 14 heavy (non-hydrogen) atoms. The van der Waals surface area contributed by atoms with E-state index in [9.17, 15) is 0 Å². The summed E-state index contributed by atoms with van der Waals surface area (Å²) in [5.41, 5.74) is 7.97. The molecule has 0 amide bonds. The first kappa shape index (κ1) is 8.28. The maximum Gasteiger partial charge on any atom is -0.00550 e. The molecule has 1 aromatic carbocycles. The predicted octanol–water partition coefficient (Wildman–Crippen LogP) is 3.88. The highest BCUT2D eigenvalue weighted by Gasteiger charge is 2.23. The number of allylic oxidation sites excluding steroid dienone is 2. The quantitative estimate of drug-likeness (QED) is 0.574. The smallest absolute Gasteiger partial charge is 0.00550 e. The molecule has 3 rings (SSSR count). The Morgan fingerprint density at radius 2 is 1.93 bits per heavy atom. The molecule has 0 aromatic heterocycles. The minimum atomic E-state index is 1.24. The summed E-state index contributed by atoms with van der Waals surface area (Å²) >= 11 is 0. The van der Waals surface area contributed by atoms with Gasteiger partial charge in [-0.05, 0) is 55.7 Å². The maximum atomic E-state index is 2.38. The van der Waals surface area contributed by atoms with Crippen LogP contribution in [0.25, 0.3) is 5.57 Å². The van der Waals surface area contributed by atoms with Gasteiger partial charge in [-0.2, -0.15) is 0 Å². The summed E-state index contributed by atoms with van der Waals surface area (Å²) in [5, 5.41) is 0. The van der Waals surface area contributed by atoms with E-state index in [1.807, 2.05) is 0 Å². The molecule has 0 heteroatoms. The first-order valence-corrected chi connectivity index (χ1v) is 5.65. The van der Waals surface area contributed by atoms with Gasteiger partial charge in [-0.25, -0.2) is 0 Å². The zero-order valence-corrected chi connectivity index (χ0v) is 8.77. The summed E-state index contributed by atoms with van der Waals surface area (Å²) < 4.78 is 0. The summed E-state index contributed by atoms with van der Waals surface area (Å²) in [6.07, 6.45) is 6.72. The monoisotopic (exact) mass is 184 g/mol. The predicted molar refractivity (Wildman–Crippen MR) is 60.3 cm³/mol. The molecule has 2 aliphatic carbocycles. The van der Waals surface area contributed by atoms with E-state index in [-0.39, 0.29) is 0 Å². The molecule has 2 aliphatic rings. The summed E-state index contributed by atoms with van der Waals surface area (Å²) in [6.45, 7) is 2.20. The number of hydrogen-bond donors (Lipinski definition) is 0. The van der Waals surface area contributed by atoms with Gasteiger partial charge in [0.25, 0.3) is 0 Å². The molecule has 0 fully saturated rings. The topological polar surface area (TPSA) is 0 Å². The van der Waals surface area contributed by atoms with Crippen molar-refractivity contribution in [1.82, 2.24) is 0 Å². The fraction of sp³-hybridized carbons (Fsp3) is 0.429. The minimum Gasteiger partial charge on any atom is -0.0620 e. The lowest BCUT2D eigenvalue weighted by Gasteiger charge is -2.14. The van der Waals surface area contributed by atoms with Crippen LogP contribution < -0.4 is 0 Å². The molecule has 0 saturated heterocycles. The van der Waals surface area contributed by atoms with Gasteiger partial charge in [0.15, 0.2) is 0 Å². The fourth-order valence-corrected chi connectivity index (χ4v) is 2.84. The van der Waals surface area contributed by atoms with Crippen LogP contribution in [0.5, 0.6) is 0 Å². The van der Waals surface area contributed by atoms with Gasteiger partial charge in [-0.15, -0.1) is 0 Å². The first-order chi connectivity index (χ1) is 6.84. The van der Waals surface area contributed by atoms with Gasteiger partial charge in [0, 0.05) is 0 Å². The lowest BCUT2D eigenvalue weighted by atomic mass is 9.92. The minimum absolute atomic E-state index is 1.24. The lowest BCUT2D eigenvalue weighted by Crippen LogP contribution is -1.93. The van der Waals surface area contributed by atoms with Gasteiger partial charge in [0.1, 0.15) is 0 Å². The Bertz CT molecular complexity index is 410. The van der Waals surface area contributed by atoms with Gasteiger partial charge in [-0.1, -0.05) is 29.3 Å². The summed E-state index contributed by atoms with van der Waals surface area (Å²) in [6, 6.07) is 6.95. The van der Waals surface area contributed by atoms with E-state index in [0.717, 1.165) is 0 Å². The van der Waals surface area contributed by atoms with Gasteiger partial charge in [-0.3, -0.25) is 0 Å². The van der Waals surface area contributed by atoms with Crippen LogP contribution in [0.1, 0.15) is 42.4 Å². The molecule has 0 nitrogen and oxygen atoms in total. The molecule has 0 radical (unpaired) electrons. The maximum absolute atomic E-state index is 2.38. The summed E-state index contributed by atoms with van der Waals surface area (Å²) in [4.78, 5) is 0. The standard InChI is InChI=1S/C14H16/c1-10-6-7-12-9-11-4-2-3-5-13(11)14(12)8-10/h6-8H,2-5,9H2,1H3. The van der Waals surface area contributed by atoms with Crippen molar-refractivity contribution in [3.05, 3.63) is 40.5 Å². The molecule has 0 N–H and O–H groups in total. The zero-order chi connectivity index (χ0) is 9.54. The van der Waals surface area contributed by atoms with Crippen molar-refractivity contribution < 1.29 is 0 Å². The van der Waals surface area contributed by atoms with Crippen molar-refractivity contribution in [3.8, 4) is 0 Å². The molecule has 0 saturated carbocycles. The molecule has 0 atom stereocenters. The van der Waals surface area contributed by atoms with Crippen molar-refractivity contribution in [3.63, 3.8) is 0 Å². The van der Waals surface area contributed by atoms with Gasteiger partial charge < -0.3 is 0 Å². The van der Waals surface area contributed by atoms with Crippen molar-refractivity contribution in [1.29, 1.82) is 0 Å². The van der Waals surface area contributed by atoms with E-state index in [2.05, 4.69) is 25.1 Å². The van der Waals surface area contributed by atoms with Crippen LogP contribution in [0.2, 0.25) is 0 Å². The zero-order valence-electron chi connectivity index (χ0n) is 8.77. The van der Waals surface area contributed by atoms with Crippen molar-refractivity contribution >= 4 is 5.57 Å². The van der Waals surface area contributed by atoms with Crippen LogP contribution in [-0.2, 0) is 6.42 Å². The van der Waals surface area contributed by atoms with E-state index >= 15 is 0 Å². The van der Waals surface area contributed by atoms with Crippen LogP contribution in [0, 0.1) is 6.92 Å². The molecule has 1 aromatic rings. The number of fused-ring (bicyclic) bond motifs is 2. The van der Waals surface area contributed by atoms with Crippen molar-refractivity contribution in [2.24, 2.45) is 0 Å². The SMILES string of the molecule is Cc1ccc2c(c1)C1=C(CCCC1)C2. The van der Waals surface area contributed by atoms with Crippen LogP contribution >= 0.6 is 0 Å². The Morgan fingerprint density at radius 3 is 2.86 bits per heavy atom. The average Bonchev–Trinajstić information content (AvgIpc) is 2.56. The third-order valence-electron chi connectivity index (χ3n) is 3.58. The Hall–Kier alpha value is -1.04. The molecule has 0 spiro atoms. The summed E-state index contributed by atoms with van der Waals surface area (Å²) in [5.74, 6) is 0. The molecule has 0 heterocycles. The van der Waals surface area contributed by atoms with E-state index < -0.39 is 0 Å². The molecule has 72 valence electrons. The Labute approximate surface area is 85.6 Å². The number of benzene rings is 1. The number of rotatable bonds is 0. The summed E-state index contributed by atoms with van der Waals surface area (Å²) in [7, 11) is 0. The normalized spacial score (nSPS) is 19.5. The van der Waals surface area contributed by atoms with E-state index in [4.69, 9.17) is 0 Å².